The van der Waals surface area contributed by atoms with Crippen LogP contribution in [-0.2, 0) is 6.61 Å². The lowest BCUT2D eigenvalue weighted by Crippen LogP contribution is -2.19. The molecule has 0 unspecified atom stereocenters. The minimum Gasteiger partial charge on any atom is -0.390 e. The summed E-state index contributed by atoms with van der Waals surface area (Å²) in [6.07, 6.45) is 1.41. The predicted octanol–water partition coefficient (Wildman–Crippen LogP) is 2.49. The number of aliphatic hydroxyl groups excluding tert-OH is 1. The Bertz CT molecular complexity index is 652. The highest BCUT2D eigenvalue weighted by molar-refractivity contribution is 9.10. The number of hydrogen-bond acceptors (Lipinski definition) is 4. The molecule has 1 amide bonds. The van der Waals surface area contributed by atoms with Crippen molar-refractivity contribution in [3.63, 3.8) is 0 Å². The van der Waals surface area contributed by atoms with Crippen LogP contribution < -0.4 is 5.43 Å². The molecular weight excluding hydrogens is 334 g/mol. The minimum atomic E-state index is -0.344. The number of aromatic nitrogens is 1. The maximum atomic E-state index is 11.9. The Morgan fingerprint density at radius 1 is 1.24 bits per heavy atom. The predicted molar refractivity (Wildman–Crippen MR) is 84.0 cm³/mol. The van der Waals surface area contributed by atoms with Gasteiger partial charge in [-0.25, -0.2) is 5.43 Å². The van der Waals surface area contributed by atoms with Gasteiger partial charge in [0.15, 0.2) is 0 Å². The number of benzene rings is 1. The van der Waals surface area contributed by atoms with E-state index in [1.54, 1.807) is 12.1 Å². The van der Waals surface area contributed by atoms with Crippen LogP contribution in [0.3, 0.4) is 0 Å². The summed E-state index contributed by atoms with van der Waals surface area (Å²) in [5.74, 6) is -0.344. The average molecular weight is 348 g/mol. The lowest BCUT2D eigenvalue weighted by Gasteiger charge is -2.03. The first-order chi connectivity index (χ1) is 10.1. The van der Waals surface area contributed by atoms with Crippen molar-refractivity contribution in [3.05, 3.63) is 63.9 Å². The van der Waals surface area contributed by atoms with Crippen LogP contribution in [0.25, 0.3) is 0 Å². The van der Waals surface area contributed by atoms with E-state index in [4.69, 9.17) is 5.11 Å². The fourth-order valence-corrected chi connectivity index (χ4v) is 1.87. The molecule has 1 aromatic heterocycles. The molecular formula is C15H14BrN3O2. The van der Waals surface area contributed by atoms with Crippen LogP contribution in [0.15, 0.2) is 52.2 Å². The van der Waals surface area contributed by atoms with E-state index >= 15 is 0 Å². The fourth-order valence-electron chi connectivity index (χ4n) is 1.61. The summed E-state index contributed by atoms with van der Waals surface area (Å²) < 4.78 is 0.984. The summed E-state index contributed by atoms with van der Waals surface area (Å²) in [5, 5.41) is 13.0. The van der Waals surface area contributed by atoms with Crippen LogP contribution in [0.5, 0.6) is 0 Å². The van der Waals surface area contributed by atoms with Gasteiger partial charge in [0.2, 0.25) is 0 Å². The monoisotopic (exact) mass is 347 g/mol. The summed E-state index contributed by atoms with van der Waals surface area (Å²) in [6, 6.07) is 10.8. The van der Waals surface area contributed by atoms with Gasteiger partial charge in [-0.1, -0.05) is 28.1 Å². The molecule has 0 aliphatic heterocycles. The van der Waals surface area contributed by atoms with Crippen molar-refractivity contribution >= 4 is 27.5 Å². The Labute approximate surface area is 130 Å². The van der Waals surface area contributed by atoms with E-state index in [0.29, 0.717) is 17.0 Å². The zero-order valence-electron chi connectivity index (χ0n) is 11.4. The number of aliphatic hydroxyl groups is 1. The van der Waals surface area contributed by atoms with E-state index in [9.17, 15) is 4.79 Å². The highest BCUT2D eigenvalue weighted by Crippen LogP contribution is 2.11. The SMILES string of the molecule is CC(=NNC(=O)c1ccc(CO)nc1)c1ccc(Br)cc1. The number of hydrogen-bond donors (Lipinski definition) is 2. The molecule has 2 rings (SSSR count). The lowest BCUT2D eigenvalue weighted by molar-refractivity contribution is 0.0954. The summed E-state index contributed by atoms with van der Waals surface area (Å²) in [4.78, 5) is 15.9. The summed E-state index contributed by atoms with van der Waals surface area (Å²) in [6.45, 7) is 1.67. The van der Waals surface area contributed by atoms with Gasteiger partial charge in [0, 0.05) is 10.7 Å². The number of amides is 1. The van der Waals surface area contributed by atoms with E-state index < -0.39 is 0 Å². The van der Waals surface area contributed by atoms with E-state index in [-0.39, 0.29) is 12.5 Å². The van der Waals surface area contributed by atoms with Crippen molar-refractivity contribution in [2.24, 2.45) is 5.10 Å². The van der Waals surface area contributed by atoms with E-state index in [2.05, 4.69) is 31.4 Å². The number of nitrogens with one attached hydrogen (secondary N) is 1. The molecule has 108 valence electrons. The molecule has 2 N–H and O–H groups in total. The first-order valence-electron chi connectivity index (χ1n) is 6.26. The molecule has 1 aromatic carbocycles. The Hall–Kier alpha value is -2.05. The quantitative estimate of drug-likeness (QED) is 0.659. The third-order valence-electron chi connectivity index (χ3n) is 2.84. The topological polar surface area (TPSA) is 74.6 Å². The van der Waals surface area contributed by atoms with Gasteiger partial charge in [-0.2, -0.15) is 5.10 Å². The molecule has 0 aliphatic carbocycles. The van der Waals surface area contributed by atoms with Gasteiger partial charge < -0.3 is 5.11 Å². The molecule has 21 heavy (non-hydrogen) atoms. The number of hydrazone groups is 1. The van der Waals surface area contributed by atoms with Crippen LogP contribution >= 0.6 is 15.9 Å². The molecule has 0 radical (unpaired) electrons. The van der Waals surface area contributed by atoms with E-state index in [0.717, 1.165) is 10.0 Å². The highest BCUT2D eigenvalue weighted by atomic mass is 79.9. The van der Waals surface area contributed by atoms with Crippen molar-refractivity contribution in [2.45, 2.75) is 13.5 Å². The number of rotatable bonds is 4. The molecule has 5 nitrogen and oxygen atoms in total. The van der Waals surface area contributed by atoms with Crippen molar-refractivity contribution in [3.8, 4) is 0 Å². The maximum absolute atomic E-state index is 11.9. The van der Waals surface area contributed by atoms with Crippen LogP contribution in [0.2, 0.25) is 0 Å². The van der Waals surface area contributed by atoms with Crippen LogP contribution in [-0.4, -0.2) is 21.7 Å². The fraction of sp³-hybridized carbons (Fsp3) is 0.133. The van der Waals surface area contributed by atoms with Crippen molar-refractivity contribution in [1.29, 1.82) is 0 Å². The molecule has 0 aliphatic rings. The van der Waals surface area contributed by atoms with Crippen LogP contribution in [0.1, 0.15) is 28.5 Å². The number of carbonyl (C=O) groups is 1. The Morgan fingerprint density at radius 3 is 2.48 bits per heavy atom. The molecule has 1 heterocycles. The van der Waals surface area contributed by atoms with Gasteiger partial charge in [0.25, 0.3) is 5.91 Å². The smallest absolute Gasteiger partial charge is 0.272 e. The maximum Gasteiger partial charge on any atom is 0.272 e. The summed E-state index contributed by atoms with van der Waals surface area (Å²) in [7, 11) is 0. The molecule has 2 aromatic rings. The second-order valence-corrected chi connectivity index (χ2v) is 5.26. The Balaban J connectivity index is 2.04. The molecule has 0 fully saturated rings. The third kappa shape index (κ3) is 4.21. The first kappa shape index (κ1) is 15.3. The summed E-state index contributed by atoms with van der Waals surface area (Å²) >= 11 is 3.36. The van der Waals surface area contributed by atoms with Crippen molar-refractivity contribution in [1.82, 2.24) is 10.4 Å². The van der Waals surface area contributed by atoms with Crippen molar-refractivity contribution < 1.29 is 9.90 Å². The second-order valence-electron chi connectivity index (χ2n) is 4.34. The molecule has 0 bridgehead atoms. The Kier molecular flexibility index (Phi) is 5.19. The normalized spacial score (nSPS) is 11.3. The molecule has 0 atom stereocenters. The van der Waals surface area contributed by atoms with E-state index in [1.807, 2.05) is 31.2 Å². The zero-order valence-corrected chi connectivity index (χ0v) is 13.0. The number of halogens is 1. The van der Waals surface area contributed by atoms with E-state index in [1.165, 1.54) is 6.20 Å². The largest absolute Gasteiger partial charge is 0.390 e. The lowest BCUT2D eigenvalue weighted by atomic mass is 10.1. The third-order valence-corrected chi connectivity index (χ3v) is 3.36. The van der Waals surface area contributed by atoms with Gasteiger partial charge in [-0.05, 0) is 36.8 Å². The van der Waals surface area contributed by atoms with Gasteiger partial charge in [0.1, 0.15) is 0 Å². The van der Waals surface area contributed by atoms with Gasteiger partial charge in [-0.15, -0.1) is 0 Å². The molecule has 0 saturated carbocycles. The van der Waals surface area contributed by atoms with Gasteiger partial charge in [0.05, 0.1) is 23.6 Å². The second kappa shape index (κ2) is 7.10. The standard InChI is InChI=1S/C15H14BrN3O2/c1-10(11-2-5-13(16)6-3-11)18-19-15(21)12-4-7-14(9-20)17-8-12/h2-8,20H,9H2,1H3,(H,19,21). The molecule has 0 saturated heterocycles. The van der Waals surface area contributed by atoms with Crippen LogP contribution in [0.4, 0.5) is 0 Å². The highest BCUT2D eigenvalue weighted by Gasteiger charge is 2.05. The summed E-state index contributed by atoms with van der Waals surface area (Å²) in [5.41, 5.74) is 5.02. The number of pyridine rings is 1. The first-order valence-corrected chi connectivity index (χ1v) is 7.06. The molecule has 6 heteroatoms. The molecule has 0 spiro atoms. The number of nitrogens with zero attached hydrogens (tertiary/aromatic N) is 2. The average Bonchev–Trinajstić information content (AvgIpc) is 2.53. The number of carbonyl (C=O) groups excluding carboxylic acids is 1. The van der Waals surface area contributed by atoms with Gasteiger partial charge >= 0.3 is 0 Å². The van der Waals surface area contributed by atoms with Gasteiger partial charge in [-0.3, -0.25) is 9.78 Å². The van der Waals surface area contributed by atoms with Crippen LogP contribution in [0, 0.1) is 0 Å². The Morgan fingerprint density at radius 2 is 1.90 bits per heavy atom. The van der Waals surface area contributed by atoms with Crippen molar-refractivity contribution in [2.75, 3.05) is 0 Å². The zero-order chi connectivity index (χ0) is 15.2. The minimum absolute atomic E-state index is 0.150.